The van der Waals surface area contributed by atoms with Crippen LogP contribution in [-0.4, -0.2) is 27.8 Å². The summed E-state index contributed by atoms with van der Waals surface area (Å²) in [5.41, 5.74) is 1.35. The minimum Gasteiger partial charge on any atom is -0.461 e. The van der Waals surface area contributed by atoms with Gasteiger partial charge in [-0.2, -0.15) is 0 Å². The molecule has 0 unspecified atom stereocenters. The number of amides is 2. The highest BCUT2D eigenvalue weighted by Gasteiger charge is 2.37. The third-order valence-corrected chi connectivity index (χ3v) is 4.36. The van der Waals surface area contributed by atoms with Crippen LogP contribution in [0.2, 0.25) is 0 Å². The predicted molar refractivity (Wildman–Crippen MR) is 91.6 cm³/mol. The summed E-state index contributed by atoms with van der Waals surface area (Å²) in [4.78, 5) is 16.2. The second kappa shape index (κ2) is 6.80. The topological polar surface area (TPSA) is 95.8 Å². The molecule has 0 radical (unpaired) electrons. The quantitative estimate of drug-likeness (QED) is 0.644. The fraction of sp³-hybridized carbons (Fsp3) is 0.278. The summed E-state index contributed by atoms with van der Waals surface area (Å²) < 4.78 is 5.23. The zero-order chi connectivity index (χ0) is 17.1. The molecule has 1 aromatic carbocycles. The van der Waals surface area contributed by atoms with E-state index in [0.717, 1.165) is 6.42 Å². The number of nitrogens with one attached hydrogen (secondary N) is 3. The predicted octanol–water partition coefficient (Wildman–Crippen LogP) is 2.67. The van der Waals surface area contributed by atoms with Gasteiger partial charge in [-0.05, 0) is 36.0 Å². The van der Waals surface area contributed by atoms with Crippen molar-refractivity contribution in [1.82, 2.24) is 25.8 Å². The second-order valence-corrected chi connectivity index (χ2v) is 6.16. The van der Waals surface area contributed by atoms with E-state index in [-0.39, 0.29) is 12.6 Å². The summed E-state index contributed by atoms with van der Waals surface area (Å²) in [6, 6.07) is 13.8. The number of H-pyrrole nitrogens is 1. The molecule has 1 aliphatic rings. The molecule has 7 heteroatoms. The largest absolute Gasteiger partial charge is 0.461 e. The first-order valence-corrected chi connectivity index (χ1v) is 8.31. The molecule has 2 heterocycles. The molecule has 4 rings (SSSR count). The van der Waals surface area contributed by atoms with Gasteiger partial charge in [0.1, 0.15) is 5.82 Å². The van der Waals surface area contributed by atoms with E-state index in [0.29, 0.717) is 35.8 Å². The van der Waals surface area contributed by atoms with Gasteiger partial charge in [-0.25, -0.2) is 9.78 Å². The van der Waals surface area contributed by atoms with E-state index in [1.165, 1.54) is 5.56 Å². The lowest BCUT2D eigenvalue weighted by Gasteiger charge is -2.06. The van der Waals surface area contributed by atoms with Crippen LogP contribution in [0.5, 0.6) is 0 Å². The molecule has 2 atom stereocenters. The third-order valence-electron chi connectivity index (χ3n) is 4.36. The number of rotatable bonds is 6. The van der Waals surface area contributed by atoms with Gasteiger partial charge in [-0.3, -0.25) is 5.10 Å². The molecule has 3 N–H and O–H groups in total. The number of furan rings is 1. The normalized spacial score (nSPS) is 18.7. The average molecular weight is 337 g/mol. The van der Waals surface area contributed by atoms with E-state index in [2.05, 4.69) is 50.1 Å². The van der Waals surface area contributed by atoms with Crippen molar-refractivity contribution in [3.05, 3.63) is 60.1 Å². The molecular weight excluding hydrogens is 318 g/mol. The van der Waals surface area contributed by atoms with Crippen molar-refractivity contribution in [3.63, 3.8) is 0 Å². The van der Waals surface area contributed by atoms with Crippen molar-refractivity contribution in [3.8, 4) is 11.6 Å². The maximum Gasteiger partial charge on any atom is 0.315 e. The SMILES string of the molecule is O=C(NCc1nc(-c2ccco2)n[nH]1)NC[C@H]1C[C@H]1c1ccccc1. The molecule has 1 aliphatic carbocycles. The van der Waals surface area contributed by atoms with Crippen LogP contribution in [0.25, 0.3) is 11.6 Å². The van der Waals surface area contributed by atoms with Gasteiger partial charge >= 0.3 is 6.03 Å². The van der Waals surface area contributed by atoms with Gasteiger partial charge < -0.3 is 15.1 Å². The Hall–Kier alpha value is -3.09. The highest BCUT2D eigenvalue weighted by molar-refractivity contribution is 5.73. The van der Waals surface area contributed by atoms with Gasteiger partial charge in [-0.1, -0.05) is 30.3 Å². The third kappa shape index (κ3) is 3.71. The Bertz CT molecular complexity index is 828. The van der Waals surface area contributed by atoms with Crippen LogP contribution in [0.15, 0.2) is 53.1 Å². The number of carbonyl (C=O) groups is 1. The number of nitrogens with zero attached hydrogens (tertiary/aromatic N) is 2. The van der Waals surface area contributed by atoms with E-state index >= 15 is 0 Å². The average Bonchev–Trinajstić information content (AvgIpc) is 3.02. The Labute approximate surface area is 144 Å². The maximum absolute atomic E-state index is 11.9. The van der Waals surface area contributed by atoms with Crippen LogP contribution in [-0.2, 0) is 6.54 Å². The molecule has 1 saturated carbocycles. The van der Waals surface area contributed by atoms with Crippen LogP contribution >= 0.6 is 0 Å². The summed E-state index contributed by atoms with van der Waals surface area (Å²) in [6.45, 7) is 0.964. The van der Waals surface area contributed by atoms with Crippen LogP contribution in [0, 0.1) is 5.92 Å². The number of aromatic amines is 1. The standard InChI is InChI=1S/C18H19N5O2/c24-18(19-10-13-9-14(13)12-5-2-1-3-6-12)20-11-16-21-17(23-22-16)15-7-4-8-25-15/h1-8,13-14H,9-11H2,(H2,19,20,24)(H,21,22,23)/t13-,14+/m1/s1. The highest BCUT2D eigenvalue weighted by Crippen LogP contribution is 2.46. The molecule has 0 spiro atoms. The molecule has 7 nitrogen and oxygen atoms in total. The maximum atomic E-state index is 11.9. The van der Waals surface area contributed by atoms with E-state index < -0.39 is 0 Å². The summed E-state index contributed by atoms with van der Waals surface area (Å²) in [5.74, 6) is 2.73. The zero-order valence-corrected chi connectivity index (χ0v) is 13.6. The Morgan fingerprint density at radius 3 is 2.88 bits per heavy atom. The first-order valence-electron chi connectivity index (χ1n) is 8.31. The second-order valence-electron chi connectivity index (χ2n) is 6.16. The summed E-state index contributed by atoms with van der Waals surface area (Å²) >= 11 is 0. The van der Waals surface area contributed by atoms with E-state index in [4.69, 9.17) is 4.42 Å². The number of hydrogen-bond donors (Lipinski definition) is 3. The fourth-order valence-corrected chi connectivity index (χ4v) is 2.92. The molecule has 3 aromatic rings. The molecule has 128 valence electrons. The Kier molecular flexibility index (Phi) is 4.20. The number of aromatic nitrogens is 3. The number of urea groups is 1. The van der Waals surface area contributed by atoms with Gasteiger partial charge in [0.2, 0.25) is 5.82 Å². The Balaban J connectivity index is 1.20. The van der Waals surface area contributed by atoms with Crippen molar-refractivity contribution in [2.75, 3.05) is 6.54 Å². The molecule has 2 aromatic heterocycles. The monoisotopic (exact) mass is 337 g/mol. The van der Waals surface area contributed by atoms with E-state index in [1.54, 1.807) is 18.4 Å². The van der Waals surface area contributed by atoms with Crippen molar-refractivity contribution in [2.24, 2.45) is 5.92 Å². The molecule has 0 saturated heterocycles. The number of benzene rings is 1. The van der Waals surface area contributed by atoms with Crippen LogP contribution in [0.4, 0.5) is 4.79 Å². The van der Waals surface area contributed by atoms with Crippen LogP contribution < -0.4 is 10.6 Å². The van der Waals surface area contributed by atoms with Gasteiger partial charge in [0.05, 0.1) is 12.8 Å². The van der Waals surface area contributed by atoms with E-state index in [9.17, 15) is 4.79 Å². The van der Waals surface area contributed by atoms with Crippen molar-refractivity contribution >= 4 is 6.03 Å². The molecular formula is C18H19N5O2. The minimum atomic E-state index is -0.199. The lowest BCUT2D eigenvalue weighted by Crippen LogP contribution is -2.36. The molecule has 25 heavy (non-hydrogen) atoms. The highest BCUT2D eigenvalue weighted by atomic mass is 16.3. The smallest absolute Gasteiger partial charge is 0.315 e. The molecule has 0 bridgehead atoms. The van der Waals surface area contributed by atoms with Crippen molar-refractivity contribution < 1.29 is 9.21 Å². The molecule has 0 aliphatic heterocycles. The molecule has 1 fully saturated rings. The van der Waals surface area contributed by atoms with Gasteiger partial charge in [0.25, 0.3) is 0 Å². The molecule has 2 amide bonds. The summed E-state index contributed by atoms with van der Waals surface area (Å²) in [7, 11) is 0. The van der Waals surface area contributed by atoms with Crippen molar-refractivity contribution in [1.29, 1.82) is 0 Å². The Morgan fingerprint density at radius 1 is 1.20 bits per heavy atom. The van der Waals surface area contributed by atoms with Crippen LogP contribution in [0.3, 0.4) is 0 Å². The number of carbonyl (C=O) groups excluding carboxylic acids is 1. The van der Waals surface area contributed by atoms with Gasteiger partial charge in [-0.15, -0.1) is 5.10 Å². The van der Waals surface area contributed by atoms with Crippen LogP contribution in [0.1, 0.15) is 23.7 Å². The lowest BCUT2D eigenvalue weighted by molar-refractivity contribution is 0.239. The summed E-state index contributed by atoms with van der Waals surface area (Å²) in [5, 5.41) is 12.6. The number of hydrogen-bond acceptors (Lipinski definition) is 4. The van der Waals surface area contributed by atoms with Gasteiger partial charge in [0, 0.05) is 6.54 Å². The van der Waals surface area contributed by atoms with Gasteiger partial charge in [0.15, 0.2) is 5.76 Å². The zero-order valence-electron chi connectivity index (χ0n) is 13.6. The summed E-state index contributed by atoms with van der Waals surface area (Å²) in [6.07, 6.45) is 2.69. The van der Waals surface area contributed by atoms with E-state index in [1.807, 2.05) is 6.07 Å². The lowest BCUT2D eigenvalue weighted by atomic mass is 10.1. The first-order chi connectivity index (χ1) is 12.3. The van der Waals surface area contributed by atoms with Crippen molar-refractivity contribution in [2.45, 2.75) is 18.9 Å². The first kappa shape index (κ1) is 15.4. The fourth-order valence-electron chi connectivity index (χ4n) is 2.92. The Morgan fingerprint density at radius 2 is 2.08 bits per heavy atom. The minimum absolute atomic E-state index is 0.199.